The van der Waals surface area contributed by atoms with E-state index in [1.165, 1.54) is 0 Å². The van der Waals surface area contributed by atoms with Gasteiger partial charge in [-0.25, -0.2) is 4.98 Å². The molecule has 1 rings (SSSR count). The summed E-state index contributed by atoms with van der Waals surface area (Å²) in [6, 6.07) is 2.11. The van der Waals surface area contributed by atoms with Crippen LogP contribution in [-0.2, 0) is 4.74 Å². The summed E-state index contributed by atoms with van der Waals surface area (Å²) in [7, 11) is 1.93. The predicted octanol–water partition coefficient (Wildman–Crippen LogP) is 5.01. The Labute approximate surface area is 158 Å². The van der Waals surface area contributed by atoms with Gasteiger partial charge in [0.2, 0.25) is 0 Å². The standard InChI is InChI=1S/C22H30N3O/c1-12-14(2)18(6)26-19(7)22(9,10)25(11)20(8)24-21-16(4)13-15(3)17(5)23-21/h13H,7-8H2,2-6,9-11H3,(H,23,24)/q-1/b18-14-. The lowest BCUT2D eigenvalue weighted by molar-refractivity contribution is 0.150. The number of aryl methyl sites for hydroxylation is 3. The molecule has 4 nitrogen and oxygen atoms in total. The molecule has 0 aliphatic carbocycles. The quantitative estimate of drug-likeness (QED) is 0.425. The van der Waals surface area contributed by atoms with Crippen molar-refractivity contribution in [2.24, 2.45) is 0 Å². The number of pyridine rings is 1. The molecular formula is C22H30N3O-. The number of allylic oxidation sites excluding steroid dienone is 2. The van der Waals surface area contributed by atoms with E-state index in [1.54, 1.807) is 13.8 Å². The molecule has 0 amide bonds. The van der Waals surface area contributed by atoms with E-state index in [9.17, 15) is 0 Å². The topological polar surface area (TPSA) is 37.4 Å². The van der Waals surface area contributed by atoms with Crippen molar-refractivity contribution in [3.8, 4) is 5.92 Å². The van der Waals surface area contributed by atoms with Gasteiger partial charge in [-0.05, 0) is 52.7 Å². The van der Waals surface area contributed by atoms with E-state index in [4.69, 9.17) is 11.2 Å². The fourth-order valence-corrected chi connectivity index (χ4v) is 2.19. The van der Waals surface area contributed by atoms with Crippen LogP contribution in [0.5, 0.6) is 0 Å². The van der Waals surface area contributed by atoms with Crippen molar-refractivity contribution >= 4 is 5.82 Å². The molecule has 1 aromatic rings. The lowest BCUT2D eigenvalue weighted by Crippen LogP contribution is -2.44. The fraction of sp³-hybridized carbons (Fsp3) is 0.409. The number of ether oxygens (including phenoxy) is 1. The molecule has 4 heteroatoms. The molecule has 0 saturated heterocycles. The molecule has 0 atom stereocenters. The minimum atomic E-state index is -0.526. The Morgan fingerprint density at radius 1 is 1.23 bits per heavy atom. The zero-order chi connectivity index (χ0) is 20.2. The highest BCUT2D eigenvalue weighted by Crippen LogP contribution is 2.28. The number of aromatic nitrogens is 1. The van der Waals surface area contributed by atoms with Crippen molar-refractivity contribution in [2.75, 3.05) is 12.4 Å². The van der Waals surface area contributed by atoms with Crippen LogP contribution in [0.2, 0.25) is 0 Å². The molecule has 26 heavy (non-hydrogen) atoms. The molecule has 0 spiro atoms. The fourth-order valence-electron chi connectivity index (χ4n) is 2.19. The average Bonchev–Trinajstić information content (AvgIpc) is 2.57. The first kappa shape index (κ1) is 21.4. The third-order valence-electron chi connectivity index (χ3n) is 4.84. The van der Waals surface area contributed by atoms with Gasteiger partial charge in [0.05, 0.1) is 5.54 Å². The van der Waals surface area contributed by atoms with Crippen LogP contribution >= 0.6 is 0 Å². The van der Waals surface area contributed by atoms with Gasteiger partial charge in [0.1, 0.15) is 17.4 Å². The molecule has 0 aliphatic heterocycles. The van der Waals surface area contributed by atoms with Gasteiger partial charge in [-0.3, -0.25) is 5.92 Å². The number of hydrogen-bond acceptors (Lipinski definition) is 4. The molecular weight excluding hydrogens is 322 g/mol. The minimum absolute atomic E-state index is 0.526. The Morgan fingerprint density at radius 3 is 2.35 bits per heavy atom. The molecule has 0 aromatic carbocycles. The van der Waals surface area contributed by atoms with Gasteiger partial charge in [0.25, 0.3) is 0 Å². The third kappa shape index (κ3) is 4.70. The number of rotatable bonds is 7. The molecule has 0 unspecified atom stereocenters. The van der Waals surface area contributed by atoms with Gasteiger partial charge in [-0.2, -0.15) is 0 Å². The van der Waals surface area contributed by atoms with E-state index in [2.05, 4.69) is 35.4 Å². The Bertz CT molecular complexity index is 794. The molecule has 0 bridgehead atoms. The van der Waals surface area contributed by atoms with Gasteiger partial charge in [-0.15, -0.1) is 5.57 Å². The van der Waals surface area contributed by atoms with E-state index in [0.717, 1.165) is 22.6 Å². The first-order valence-electron chi connectivity index (χ1n) is 8.53. The molecule has 1 aromatic heterocycles. The smallest absolute Gasteiger partial charge is 0.134 e. The lowest BCUT2D eigenvalue weighted by atomic mass is 10.0. The SMILES string of the molecule is [C-]#C/C(C)=C(/C)OC(=C)C(C)(C)N(C)C(=C)Nc1nc(C)c(C)cc1C. The number of anilines is 1. The van der Waals surface area contributed by atoms with Crippen LogP contribution in [-0.4, -0.2) is 22.5 Å². The summed E-state index contributed by atoms with van der Waals surface area (Å²) < 4.78 is 5.82. The summed E-state index contributed by atoms with van der Waals surface area (Å²) in [4.78, 5) is 6.58. The van der Waals surface area contributed by atoms with E-state index in [-0.39, 0.29) is 0 Å². The van der Waals surface area contributed by atoms with Gasteiger partial charge in [-0.1, -0.05) is 26.1 Å². The van der Waals surface area contributed by atoms with E-state index in [0.29, 0.717) is 22.9 Å². The summed E-state index contributed by atoms with van der Waals surface area (Å²) in [5.41, 5.74) is 3.32. The van der Waals surface area contributed by atoms with Crippen molar-refractivity contribution in [1.29, 1.82) is 0 Å². The Hall–Kier alpha value is -2.67. The third-order valence-corrected chi connectivity index (χ3v) is 4.84. The highest BCUT2D eigenvalue weighted by molar-refractivity contribution is 5.50. The average molecular weight is 353 g/mol. The maximum Gasteiger partial charge on any atom is 0.134 e. The van der Waals surface area contributed by atoms with Crippen molar-refractivity contribution < 1.29 is 4.74 Å². The lowest BCUT2D eigenvalue weighted by Gasteiger charge is -2.40. The molecule has 1 heterocycles. The summed E-state index contributed by atoms with van der Waals surface area (Å²) >= 11 is 0. The molecule has 1 N–H and O–H groups in total. The van der Waals surface area contributed by atoms with Crippen LogP contribution in [0.25, 0.3) is 0 Å². The number of nitrogens with zero attached hydrogens (tertiary/aromatic N) is 2. The van der Waals surface area contributed by atoms with Gasteiger partial charge < -0.3 is 21.4 Å². The summed E-state index contributed by atoms with van der Waals surface area (Å²) in [5, 5.41) is 3.30. The molecule has 0 radical (unpaired) electrons. The zero-order valence-electron chi connectivity index (χ0n) is 17.3. The van der Waals surface area contributed by atoms with Gasteiger partial charge in [0.15, 0.2) is 0 Å². The highest BCUT2D eigenvalue weighted by atomic mass is 16.5. The van der Waals surface area contributed by atoms with Crippen LogP contribution in [0, 0.1) is 33.1 Å². The maximum atomic E-state index is 7.21. The Kier molecular flexibility index (Phi) is 6.69. The van der Waals surface area contributed by atoms with Gasteiger partial charge in [0, 0.05) is 18.5 Å². The number of likely N-dealkylation sites (N-methyl/N-ethyl adjacent to an activating group) is 1. The zero-order valence-corrected chi connectivity index (χ0v) is 17.3. The van der Waals surface area contributed by atoms with Crippen molar-refractivity contribution in [3.05, 3.63) is 65.4 Å². The summed E-state index contributed by atoms with van der Waals surface area (Å²) in [6.07, 6.45) is 7.21. The Morgan fingerprint density at radius 2 is 1.81 bits per heavy atom. The minimum Gasteiger partial charge on any atom is -0.482 e. The predicted molar refractivity (Wildman–Crippen MR) is 109 cm³/mol. The largest absolute Gasteiger partial charge is 0.482 e. The van der Waals surface area contributed by atoms with Crippen molar-refractivity contribution in [1.82, 2.24) is 9.88 Å². The van der Waals surface area contributed by atoms with Crippen molar-refractivity contribution in [2.45, 2.75) is 54.0 Å². The van der Waals surface area contributed by atoms with Crippen LogP contribution in [0.1, 0.15) is 44.5 Å². The normalized spacial score (nSPS) is 12.0. The van der Waals surface area contributed by atoms with E-state index >= 15 is 0 Å². The monoisotopic (exact) mass is 352 g/mol. The Balaban J connectivity index is 2.98. The molecule has 0 saturated carbocycles. The molecule has 140 valence electrons. The van der Waals surface area contributed by atoms with Gasteiger partial charge >= 0.3 is 0 Å². The number of hydrogen-bond donors (Lipinski definition) is 1. The summed E-state index contributed by atoms with van der Waals surface area (Å²) in [6.45, 7) is 21.8. The second-order valence-electron chi connectivity index (χ2n) is 7.08. The molecule has 0 aliphatic rings. The summed E-state index contributed by atoms with van der Waals surface area (Å²) in [5.74, 6) is 4.98. The van der Waals surface area contributed by atoms with Crippen LogP contribution < -0.4 is 5.32 Å². The first-order valence-corrected chi connectivity index (χ1v) is 8.53. The number of nitrogens with one attached hydrogen (secondary N) is 1. The van der Waals surface area contributed by atoms with E-state index < -0.39 is 5.54 Å². The van der Waals surface area contributed by atoms with E-state index in [1.807, 2.05) is 46.6 Å². The van der Waals surface area contributed by atoms with Crippen LogP contribution in [0.4, 0.5) is 5.82 Å². The second-order valence-corrected chi connectivity index (χ2v) is 7.08. The first-order chi connectivity index (χ1) is 11.9. The maximum absolute atomic E-state index is 7.21. The van der Waals surface area contributed by atoms with Crippen LogP contribution in [0.15, 0.2) is 42.1 Å². The van der Waals surface area contributed by atoms with Crippen molar-refractivity contribution in [3.63, 3.8) is 0 Å². The highest BCUT2D eigenvalue weighted by Gasteiger charge is 2.30. The molecule has 0 fully saturated rings. The second kappa shape index (κ2) is 8.14. The van der Waals surface area contributed by atoms with Crippen LogP contribution in [0.3, 0.4) is 0 Å².